The summed E-state index contributed by atoms with van der Waals surface area (Å²) < 4.78 is 1.16. The molecule has 2 aromatic rings. The first-order valence-corrected chi connectivity index (χ1v) is 5.68. The summed E-state index contributed by atoms with van der Waals surface area (Å²) in [6.45, 7) is 0. The number of nitrogens with two attached hydrogens (primary N) is 2. The summed E-state index contributed by atoms with van der Waals surface area (Å²) in [7, 11) is 0. The van der Waals surface area contributed by atoms with Crippen molar-refractivity contribution in [1.82, 2.24) is 4.98 Å². The molecule has 2 heterocycles. The minimum atomic E-state index is 0.561. The molecule has 0 radical (unpaired) electrons. The number of hydrogen-bond donors (Lipinski definition) is 2. The van der Waals surface area contributed by atoms with E-state index in [9.17, 15) is 0 Å². The van der Waals surface area contributed by atoms with Gasteiger partial charge in [-0.1, -0.05) is 17.8 Å². The highest BCUT2D eigenvalue weighted by molar-refractivity contribution is 8.01. The summed E-state index contributed by atoms with van der Waals surface area (Å²) in [6, 6.07) is 5.73. The molecule has 4 N–H and O–H groups in total. The molecule has 3 nitrogen and oxygen atoms in total. The third-order valence-electron chi connectivity index (χ3n) is 1.68. The van der Waals surface area contributed by atoms with Gasteiger partial charge in [-0.2, -0.15) is 0 Å². The van der Waals surface area contributed by atoms with E-state index in [1.165, 1.54) is 11.8 Å². The highest BCUT2D eigenvalue weighted by Crippen LogP contribution is 2.34. The number of nitrogens with zero attached hydrogens (tertiary/aromatic N) is 1. The second kappa shape index (κ2) is 3.89. The molecule has 0 bridgehead atoms. The van der Waals surface area contributed by atoms with E-state index >= 15 is 0 Å². The fraction of sp³-hybridized carbons (Fsp3) is 0. The van der Waals surface area contributed by atoms with Gasteiger partial charge < -0.3 is 11.5 Å². The third kappa shape index (κ3) is 1.83. The molecule has 0 aliphatic carbocycles. The van der Waals surface area contributed by atoms with E-state index in [1.54, 1.807) is 23.6 Å². The molecule has 0 atom stereocenters. The lowest BCUT2D eigenvalue weighted by molar-refractivity contribution is 1.15. The predicted molar refractivity (Wildman–Crippen MR) is 61.5 cm³/mol. The Hall–Kier alpha value is -1.20. The van der Waals surface area contributed by atoms with Gasteiger partial charge in [-0.3, -0.25) is 0 Å². The van der Waals surface area contributed by atoms with Crippen LogP contribution in [0.1, 0.15) is 0 Å². The Kier molecular flexibility index (Phi) is 2.60. The van der Waals surface area contributed by atoms with Gasteiger partial charge in [0.25, 0.3) is 0 Å². The SMILES string of the molecule is Nc1ccnc(Sc2cccs2)c1N. The van der Waals surface area contributed by atoms with Crippen LogP contribution < -0.4 is 11.5 Å². The first-order chi connectivity index (χ1) is 6.77. The maximum absolute atomic E-state index is 5.80. The van der Waals surface area contributed by atoms with Gasteiger partial charge in [0.2, 0.25) is 0 Å². The Morgan fingerprint density at radius 2 is 2.14 bits per heavy atom. The number of thiophene rings is 1. The minimum Gasteiger partial charge on any atom is -0.397 e. The van der Waals surface area contributed by atoms with E-state index in [0.29, 0.717) is 11.4 Å². The van der Waals surface area contributed by atoms with Crippen LogP contribution in [0.3, 0.4) is 0 Å². The van der Waals surface area contributed by atoms with Gasteiger partial charge in [0.15, 0.2) is 0 Å². The van der Waals surface area contributed by atoms with Crippen LogP contribution in [0.15, 0.2) is 39.0 Å². The molecule has 0 fully saturated rings. The highest BCUT2D eigenvalue weighted by atomic mass is 32.2. The van der Waals surface area contributed by atoms with Gasteiger partial charge in [0.05, 0.1) is 15.6 Å². The molecule has 2 rings (SSSR count). The van der Waals surface area contributed by atoms with Crippen LogP contribution in [0.5, 0.6) is 0 Å². The third-order valence-corrected chi connectivity index (χ3v) is 3.74. The molecule has 0 saturated heterocycles. The second-order valence-electron chi connectivity index (χ2n) is 2.65. The molecule has 0 aromatic carbocycles. The van der Waals surface area contributed by atoms with Crippen LogP contribution in [-0.2, 0) is 0 Å². The Labute approximate surface area is 90.2 Å². The molecule has 0 aliphatic rings. The lowest BCUT2D eigenvalue weighted by atomic mass is 10.4. The Balaban J connectivity index is 2.29. The molecular weight excluding hydrogens is 214 g/mol. The monoisotopic (exact) mass is 223 g/mol. The molecule has 14 heavy (non-hydrogen) atoms. The van der Waals surface area contributed by atoms with Crippen LogP contribution in [0.2, 0.25) is 0 Å². The van der Waals surface area contributed by atoms with Crippen molar-refractivity contribution in [3.8, 4) is 0 Å². The average Bonchev–Trinajstić information content (AvgIpc) is 2.66. The van der Waals surface area contributed by atoms with Gasteiger partial charge in [-0.05, 0) is 17.5 Å². The van der Waals surface area contributed by atoms with Crippen molar-refractivity contribution in [3.05, 3.63) is 29.8 Å². The van der Waals surface area contributed by atoms with Gasteiger partial charge in [0, 0.05) is 6.20 Å². The smallest absolute Gasteiger partial charge is 0.127 e. The predicted octanol–water partition coefficient (Wildman–Crippen LogP) is 2.46. The van der Waals surface area contributed by atoms with Crippen molar-refractivity contribution < 1.29 is 0 Å². The lowest BCUT2D eigenvalue weighted by Gasteiger charge is -2.04. The zero-order chi connectivity index (χ0) is 9.97. The maximum atomic E-state index is 5.80. The summed E-state index contributed by atoms with van der Waals surface area (Å²) in [4.78, 5) is 4.18. The standard InChI is InChI=1S/C9H9N3S2/c10-6-3-4-12-9(8(6)11)14-7-2-1-5-13-7/h1-5H,11H2,(H2,10,12). The van der Waals surface area contributed by atoms with Crippen LogP contribution in [0, 0.1) is 0 Å². The summed E-state index contributed by atoms with van der Waals surface area (Å²) in [5.74, 6) is 0. The molecule has 0 spiro atoms. The zero-order valence-electron chi connectivity index (χ0n) is 7.31. The number of hydrogen-bond acceptors (Lipinski definition) is 5. The van der Waals surface area contributed by atoms with Gasteiger partial charge >= 0.3 is 0 Å². The largest absolute Gasteiger partial charge is 0.397 e. The number of anilines is 2. The van der Waals surface area contributed by atoms with Crippen molar-refractivity contribution in [2.24, 2.45) is 0 Å². The molecule has 5 heteroatoms. The van der Waals surface area contributed by atoms with Crippen molar-refractivity contribution in [2.45, 2.75) is 9.24 Å². The van der Waals surface area contributed by atoms with E-state index in [4.69, 9.17) is 11.5 Å². The van der Waals surface area contributed by atoms with Crippen LogP contribution in [0.4, 0.5) is 11.4 Å². The summed E-state index contributed by atoms with van der Waals surface area (Å²) >= 11 is 3.20. The second-order valence-corrected chi connectivity index (χ2v) is 4.89. The summed E-state index contributed by atoms with van der Waals surface area (Å²) in [5, 5.41) is 2.79. The zero-order valence-corrected chi connectivity index (χ0v) is 8.94. The number of nitrogen functional groups attached to an aromatic ring is 2. The van der Waals surface area contributed by atoms with E-state index in [-0.39, 0.29) is 0 Å². The number of rotatable bonds is 2. The normalized spacial score (nSPS) is 10.3. The van der Waals surface area contributed by atoms with Crippen molar-refractivity contribution >= 4 is 34.5 Å². The van der Waals surface area contributed by atoms with Crippen molar-refractivity contribution in [1.29, 1.82) is 0 Å². The van der Waals surface area contributed by atoms with Crippen molar-refractivity contribution in [3.63, 3.8) is 0 Å². The first-order valence-electron chi connectivity index (χ1n) is 3.98. The number of aromatic nitrogens is 1. The van der Waals surface area contributed by atoms with Crippen LogP contribution in [0.25, 0.3) is 0 Å². The topological polar surface area (TPSA) is 64.9 Å². The van der Waals surface area contributed by atoms with Gasteiger partial charge in [-0.15, -0.1) is 11.3 Å². The maximum Gasteiger partial charge on any atom is 0.127 e. The summed E-state index contributed by atoms with van der Waals surface area (Å²) in [6.07, 6.45) is 1.67. The molecule has 0 aliphatic heterocycles. The fourth-order valence-corrected chi connectivity index (χ4v) is 2.69. The fourth-order valence-electron chi connectivity index (χ4n) is 0.966. The van der Waals surface area contributed by atoms with Crippen LogP contribution in [-0.4, -0.2) is 4.98 Å². The molecule has 0 saturated carbocycles. The highest BCUT2D eigenvalue weighted by Gasteiger charge is 2.06. The van der Waals surface area contributed by atoms with Gasteiger partial charge in [-0.25, -0.2) is 4.98 Å². The molecule has 0 amide bonds. The van der Waals surface area contributed by atoms with Crippen molar-refractivity contribution in [2.75, 3.05) is 11.5 Å². The first kappa shape index (κ1) is 9.36. The Bertz CT molecular complexity index is 426. The average molecular weight is 223 g/mol. The van der Waals surface area contributed by atoms with Crippen LogP contribution >= 0.6 is 23.1 Å². The Morgan fingerprint density at radius 3 is 2.86 bits per heavy atom. The van der Waals surface area contributed by atoms with E-state index in [0.717, 1.165) is 9.24 Å². The van der Waals surface area contributed by atoms with E-state index < -0.39 is 0 Å². The Morgan fingerprint density at radius 1 is 1.29 bits per heavy atom. The minimum absolute atomic E-state index is 0.561. The molecule has 0 unspecified atom stereocenters. The van der Waals surface area contributed by atoms with E-state index in [1.807, 2.05) is 17.5 Å². The number of pyridine rings is 1. The quantitative estimate of drug-likeness (QED) is 0.820. The molecule has 72 valence electrons. The van der Waals surface area contributed by atoms with E-state index in [2.05, 4.69) is 4.98 Å². The lowest BCUT2D eigenvalue weighted by Crippen LogP contribution is -1.97. The van der Waals surface area contributed by atoms with Gasteiger partial charge in [0.1, 0.15) is 5.03 Å². The summed E-state index contributed by atoms with van der Waals surface area (Å²) in [5.41, 5.74) is 12.6. The molecular formula is C9H9N3S2. The molecule has 2 aromatic heterocycles.